The summed E-state index contributed by atoms with van der Waals surface area (Å²) >= 11 is 0. The third-order valence-electron chi connectivity index (χ3n) is 5.14. The molecule has 2 N–H and O–H groups in total. The summed E-state index contributed by atoms with van der Waals surface area (Å²) in [5.74, 6) is -0.363. The average Bonchev–Trinajstić information content (AvgIpc) is 3.23. The van der Waals surface area contributed by atoms with Crippen LogP contribution in [-0.4, -0.2) is 52.2 Å². The van der Waals surface area contributed by atoms with E-state index in [1.807, 2.05) is 12.1 Å². The fourth-order valence-electron chi connectivity index (χ4n) is 3.83. The maximum absolute atomic E-state index is 10.9. The highest BCUT2D eigenvalue weighted by atomic mass is 16.4. The molecular weight excluding hydrogens is 304 g/mol. The number of carbonyl (C=O) groups is 1. The second-order valence-corrected chi connectivity index (χ2v) is 7.12. The topological polar surface area (TPSA) is 64.0 Å². The minimum Gasteiger partial charge on any atom is -0.507 e. The highest BCUT2D eigenvalue weighted by Gasteiger charge is 2.19. The summed E-state index contributed by atoms with van der Waals surface area (Å²) in [4.78, 5) is 15.6. The van der Waals surface area contributed by atoms with Gasteiger partial charge in [0.05, 0.1) is 0 Å². The van der Waals surface area contributed by atoms with E-state index in [9.17, 15) is 9.90 Å². The van der Waals surface area contributed by atoms with Crippen LogP contribution in [0, 0.1) is 0 Å². The van der Waals surface area contributed by atoms with Crippen molar-refractivity contribution < 1.29 is 15.0 Å². The van der Waals surface area contributed by atoms with Crippen molar-refractivity contribution in [3.05, 3.63) is 28.8 Å². The minimum absolute atomic E-state index is 0.136. The van der Waals surface area contributed by atoms with E-state index in [4.69, 9.17) is 5.11 Å². The molecule has 0 radical (unpaired) electrons. The molecule has 2 aliphatic rings. The number of hydrogen-bond acceptors (Lipinski definition) is 4. The van der Waals surface area contributed by atoms with E-state index < -0.39 is 5.97 Å². The van der Waals surface area contributed by atoms with Crippen molar-refractivity contribution in [2.24, 2.45) is 0 Å². The van der Waals surface area contributed by atoms with E-state index in [0.29, 0.717) is 12.2 Å². The van der Waals surface area contributed by atoms with Crippen molar-refractivity contribution >= 4 is 5.97 Å². The molecule has 0 aliphatic carbocycles. The van der Waals surface area contributed by atoms with Gasteiger partial charge in [-0.2, -0.15) is 0 Å². The molecule has 0 atom stereocenters. The van der Waals surface area contributed by atoms with Crippen LogP contribution in [-0.2, 0) is 24.3 Å². The molecule has 2 fully saturated rings. The number of rotatable bonds is 7. The molecule has 0 aromatic heterocycles. The lowest BCUT2D eigenvalue weighted by atomic mass is 10.00. The van der Waals surface area contributed by atoms with E-state index >= 15 is 0 Å². The van der Waals surface area contributed by atoms with Gasteiger partial charge in [0.1, 0.15) is 5.75 Å². The first kappa shape index (κ1) is 17.2. The molecule has 2 saturated heterocycles. The highest BCUT2D eigenvalue weighted by Crippen LogP contribution is 2.29. The van der Waals surface area contributed by atoms with Gasteiger partial charge in [0.15, 0.2) is 0 Å². The van der Waals surface area contributed by atoms with Crippen LogP contribution < -0.4 is 0 Å². The average molecular weight is 332 g/mol. The first-order chi connectivity index (χ1) is 11.6. The smallest absolute Gasteiger partial charge is 0.303 e. The number of aryl methyl sites for hydroxylation is 1. The van der Waals surface area contributed by atoms with E-state index in [0.717, 1.165) is 56.0 Å². The Kier molecular flexibility index (Phi) is 5.74. The Labute approximate surface area is 143 Å². The third-order valence-corrected chi connectivity index (χ3v) is 5.14. The van der Waals surface area contributed by atoms with Crippen LogP contribution in [0.1, 0.15) is 48.8 Å². The van der Waals surface area contributed by atoms with Crippen molar-refractivity contribution in [1.82, 2.24) is 9.80 Å². The van der Waals surface area contributed by atoms with Crippen LogP contribution in [0.3, 0.4) is 0 Å². The SMILES string of the molecule is O=C(O)CCc1cc(CN2CCCC2)c(O)c(CN2CCCC2)c1. The van der Waals surface area contributed by atoms with Crippen LogP contribution in [0.5, 0.6) is 5.75 Å². The molecular formula is C19H28N2O3. The minimum atomic E-state index is -0.773. The molecule has 0 saturated carbocycles. The predicted octanol–water partition coefficient (Wildman–Crippen LogP) is 2.60. The zero-order valence-corrected chi connectivity index (χ0v) is 14.3. The Morgan fingerprint density at radius 2 is 1.38 bits per heavy atom. The Bertz CT molecular complexity index is 537. The Balaban J connectivity index is 1.80. The van der Waals surface area contributed by atoms with Gasteiger partial charge in [-0.1, -0.05) is 12.1 Å². The summed E-state index contributed by atoms with van der Waals surface area (Å²) < 4.78 is 0. The second-order valence-electron chi connectivity index (χ2n) is 7.12. The molecule has 24 heavy (non-hydrogen) atoms. The predicted molar refractivity (Wildman–Crippen MR) is 93.1 cm³/mol. The standard InChI is InChI=1S/C19H28N2O3/c22-18(23)6-5-15-11-16(13-20-7-1-2-8-20)19(24)17(12-15)14-21-9-3-4-10-21/h11-12,24H,1-10,13-14H2,(H,22,23). The molecule has 2 aliphatic heterocycles. The van der Waals surface area contributed by atoms with E-state index in [-0.39, 0.29) is 6.42 Å². The summed E-state index contributed by atoms with van der Waals surface area (Å²) in [6.45, 7) is 5.86. The largest absolute Gasteiger partial charge is 0.507 e. The number of aromatic hydroxyl groups is 1. The maximum atomic E-state index is 10.9. The monoisotopic (exact) mass is 332 g/mol. The molecule has 0 amide bonds. The van der Waals surface area contributed by atoms with Crippen molar-refractivity contribution in [3.63, 3.8) is 0 Å². The van der Waals surface area contributed by atoms with Gasteiger partial charge in [-0.15, -0.1) is 0 Å². The zero-order chi connectivity index (χ0) is 16.9. The number of phenolic OH excluding ortho intramolecular Hbond substituents is 1. The number of carboxylic acid groups (broad SMARTS) is 1. The molecule has 1 aromatic carbocycles. The Hall–Kier alpha value is -1.59. The summed E-state index contributed by atoms with van der Waals surface area (Å²) in [6, 6.07) is 4.01. The number of hydrogen-bond donors (Lipinski definition) is 2. The number of phenols is 1. The summed E-state index contributed by atoms with van der Waals surface area (Å²) in [7, 11) is 0. The van der Waals surface area contributed by atoms with Crippen LogP contribution in [0.15, 0.2) is 12.1 Å². The van der Waals surface area contributed by atoms with E-state index in [2.05, 4.69) is 9.80 Å². The van der Waals surface area contributed by atoms with Crippen LogP contribution in [0.2, 0.25) is 0 Å². The molecule has 0 unspecified atom stereocenters. The number of nitrogens with zero attached hydrogens (tertiary/aromatic N) is 2. The fraction of sp³-hybridized carbons (Fsp3) is 0.632. The number of benzene rings is 1. The van der Waals surface area contributed by atoms with E-state index in [1.165, 1.54) is 25.7 Å². The highest BCUT2D eigenvalue weighted by molar-refractivity contribution is 5.67. The third kappa shape index (κ3) is 4.48. The van der Waals surface area contributed by atoms with Gasteiger partial charge >= 0.3 is 5.97 Å². The first-order valence-electron chi connectivity index (χ1n) is 9.12. The second kappa shape index (κ2) is 7.99. The maximum Gasteiger partial charge on any atom is 0.303 e. The molecule has 3 rings (SSSR count). The lowest BCUT2D eigenvalue weighted by molar-refractivity contribution is -0.136. The summed E-state index contributed by atoms with van der Waals surface area (Å²) in [6.07, 6.45) is 5.55. The Morgan fingerprint density at radius 1 is 0.917 bits per heavy atom. The quantitative estimate of drug-likeness (QED) is 0.803. The van der Waals surface area contributed by atoms with Gasteiger partial charge in [-0.25, -0.2) is 0 Å². The zero-order valence-electron chi connectivity index (χ0n) is 14.3. The summed E-state index contributed by atoms with van der Waals surface area (Å²) in [5.41, 5.74) is 2.93. The van der Waals surface area contributed by atoms with Gasteiger partial charge in [0, 0.05) is 30.6 Å². The number of aliphatic carboxylic acids is 1. The molecule has 0 bridgehead atoms. The van der Waals surface area contributed by atoms with E-state index in [1.54, 1.807) is 0 Å². The lowest BCUT2D eigenvalue weighted by Crippen LogP contribution is -2.21. The lowest BCUT2D eigenvalue weighted by Gasteiger charge is -2.21. The van der Waals surface area contributed by atoms with Gasteiger partial charge < -0.3 is 10.2 Å². The molecule has 5 heteroatoms. The van der Waals surface area contributed by atoms with Gasteiger partial charge in [-0.05, 0) is 63.8 Å². The molecule has 2 heterocycles. The van der Waals surface area contributed by atoms with Crippen molar-refractivity contribution in [2.75, 3.05) is 26.2 Å². The van der Waals surface area contributed by atoms with Crippen LogP contribution in [0.25, 0.3) is 0 Å². The molecule has 1 aromatic rings. The molecule has 132 valence electrons. The first-order valence-corrected chi connectivity index (χ1v) is 9.12. The van der Waals surface area contributed by atoms with Gasteiger partial charge in [0.25, 0.3) is 0 Å². The van der Waals surface area contributed by atoms with Crippen LogP contribution in [0.4, 0.5) is 0 Å². The van der Waals surface area contributed by atoms with Gasteiger partial charge in [-0.3, -0.25) is 14.6 Å². The van der Waals surface area contributed by atoms with Gasteiger partial charge in [0.2, 0.25) is 0 Å². The Morgan fingerprint density at radius 3 is 1.79 bits per heavy atom. The van der Waals surface area contributed by atoms with Crippen LogP contribution >= 0.6 is 0 Å². The van der Waals surface area contributed by atoms with Crippen molar-refractivity contribution in [3.8, 4) is 5.75 Å². The normalized spacial score (nSPS) is 19.2. The fourth-order valence-corrected chi connectivity index (χ4v) is 3.83. The van der Waals surface area contributed by atoms with Crippen molar-refractivity contribution in [1.29, 1.82) is 0 Å². The number of carboxylic acids is 1. The summed E-state index contributed by atoms with van der Waals surface area (Å²) in [5, 5.41) is 19.7. The molecule has 0 spiro atoms. The van der Waals surface area contributed by atoms with Crippen molar-refractivity contribution in [2.45, 2.75) is 51.6 Å². The number of likely N-dealkylation sites (tertiary alicyclic amines) is 2. The molecule has 5 nitrogen and oxygen atoms in total.